The van der Waals surface area contributed by atoms with Gasteiger partial charge in [0.1, 0.15) is 5.76 Å². The van der Waals surface area contributed by atoms with Crippen LogP contribution in [0.2, 0.25) is 0 Å². The molecule has 0 saturated heterocycles. The first kappa shape index (κ1) is 14.4. The maximum absolute atomic E-state index is 12.2. The van der Waals surface area contributed by atoms with E-state index in [9.17, 15) is 26.3 Å². The molecule has 0 aromatic heterocycles. The summed E-state index contributed by atoms with van der Waals surface area (Å²) in [7, 11) is 1.01. The van der Waals surface area contributed by atoms with Crippen molar-refractivity contribution in [1.82, 2.24) is 0 Å². The van der Waals surface area contributed by atoms with E-state index in [0.29, 0.717) is 12.1 Å². The van der Waals surface area contributed by atoms with Gasteiger partial charge in [0.05, 0.1) is 18.7 Å². The van der Waals surface area contributed by atoms with E-state index in [2.05, 4.69) is 4.74 Å². The van der Waals surface area contributed by atoms with Crippen molar-refractivity contribution in [3.8, 4) is 0 Å². The van der Waals surface area contributed by atoms with Crippen molar-refractivity contribution in [2.24, 2.45) is 0 Å². The average Bonchev–Trinajstić information content (AvgIpc) is 2.24. The Labute approximate surface area is 98.7 Å². The third-order valence-electron chi connectivity index (χ3n) is 2.01. The molecule has 1 aromatic carbocycles. The van der Waals surface area contributed by atoms with Gasteiger partial charge in [-0.1, -0.05) is 12.1 Å². The van der Waals surface area contributed by atoms with Crippen LogP contribution in [0.25, 0.3) is 5.76 Å². The van der Waals surface area contributed by atoms with Crippen LogP contribution in [0.4, 0.5) is 26.3 Å². The summed E-state index contributed by atoms with van der Waals surface area (Å²) in [6.45, 7) is 0. The second-order valence-electron chi connectivity index (χ2n) is 3.33. The number of halogens is 6. The fraction of sp³-hybridized carbons (Fsp3) is 0.273. The van der Waals surface area contributed by atoms with Crippen LogP contribution in [0.3, 0.4) is 0 Å². The SMILES string of the molecule is COC(=CC(F)(F)F)c1ccc(C(F)(F)F)cc1. The number of methoxy groups -OCH3 is 1. The standard InChI is InChI=1S/C11H8F6O/c1-18-9(6-10(12,13)14)7-2-4-8(5-3-7)11(15,16)17/h2-6H,1H3. The van der Waals surface area contributed by atoms with E-state index in [0.717, 1.165) is 19.2 Å². The Kier molecular flexibility index (Phi) is 3.93. The molecule has 0 fully saturated rings. The van der Waals surface area contributed by atoms with Gasteiger partial charge in [0.15, 0.2) is 0 Å². The molecule has 18 heavy (non-hydrogen) atoms. The fourth-order valence-corrected chi connectivity index (χ4v) is 1.23. The van der Waals surface area contributed by atoms with E-state index in [1.807, 2.05) is 0 Å². The molecule has 100 valence electrons. The van der Waals surface area contributed by atoms with Gasteiger partial charge in [0.2, 0.25) is 0 Å². The Hall–Kier alpha value is -1.66. The van der Waals surface area contributed by atoms with Gasteiger partial charge in [-0.3, -0.25) is 0 Å². The molecule has 1 aromatic rings. The molecule has 0 amide bonds. The highest BCUT2D eigenvalue weighted by Gasteiger charge is 2.30. The van der Waals surface area contributed by atoms with Gasteiger partial charge in [0, 0.05) is 5.56 Å². The summed E-state index contributed by atoms with van der Waals surface area (Å²) < 4.78 is 77.6. The highest BCUT2D eigenvalue weighted by molar-refractivity contribution is 5.60. The zero-order valence-corrected chi connectivity index (χ0v) is 9.06. The van der Waals surface area contributed by atoms with Gasteiger partial charge >= 0.3 is 12.4 Å². The van der Waals surface area contributed by atoms with Crippen molar-refractivity contribution in [2.75, 3.05) is 7.11 Å². The smallest absolute Gasteiger partial charge is 0.416 e. The maximum Gasteiger partial charge on any atom is 0.416 e. The van der Waals surface area contributed by atoms with Crippen molar-refractivity contribution in [2.45, 2.75) is 12.4 Å². The number of allylic oxidation sites excluding steroid dienone is 1. The normalized spacial score (nSPS) is 13.6. The number of hydrogen-bond acceptors (Lipinski definition) is 1. The minimum atomic E-state index is -4.60. The monoisotopic (exact) mass is 270 g/mol. The molecule has 0 aliphatic carbocycles. The quantitative estimate of drug-likeness (QED) is 0.576. The molecule has 0 radical (unpaired) electrons. The third kappa shape index (κ3) is 3.97. The molecule has 0 spiro atoms. The molecule has 0 unspecified atom stereocenters. The first-order valence-corrected chi connectivity index (χ1v) is 4.64. The molecule has 0 aliphatic rings. The second kappa shape index (κ2) is 4.91. The molecular weight excluding hydrogens is 262 g/mol. The van der Waals surface area contributed by atoms with Crippen LogP contribution in [-0.2, 0) is 10.9 Å². The van der Waals surface area contributed by atoms with Crippen LogP contribution >= 0.6 is 0 Å². The third-order valence-corrected chi connectivity index (χ3v) is 2.01. The van der Waals surface area contributed by atoms with Gasteiger partial charge in [-0.2, -0.15) is 26.3 Å². The number of rotatable bonds is 2. The highest BCUT2D eigenvalue weighted by atomic mass is 19.4. The molecule has 7 heteroatoms. The Bertz CT molecular complexity index is 426. The predicted octanol–water partition coefficient (Wildman–Crippen LogP) is 4.26. The summed E-state index contributed by atoms with van der Waals surface area (Å²) in [4.78, 5) is 0. The van der Waals surface area contributed by atoms with Gasteiger partial charge in [-0.05, 0) is 12.1 Å². The summed E-state index contributed by atoms with van der Waals surface area (Å²) in [5.74, 6) is -0.545. The molecule has 0 aliphatic heterocycles. The van der Waals surface area contributed by atoms with Gasteiger partial charge in [0.25, 0.3) is 0 Å². The molecule has 0 heterocycles. The number of benzene rings is 1. The van der Waals surface area contributed by atoms with Crippen molar-refractivity contribution in [1.29, 1.82) is 0 Å². The Morgan fingerprint density at radius 3 is 1.83 bits per heavy atom. The Morgan fingerprint density at radius 1 is 1.00 bits per heavy atom. The van der Waals surface area contributed by atoms with Crippen molar-refractivity contribution in [3.63, 3.8) is 0 Å². The summed E-state index contributed by atoms with van der Waals surface area (Å²) in [6, 6.07) is 3.23. The Morgan fingerprint density at radius 2 is 1.50 bits per heavy atom. The van der Waals surface area contributed by atoms with Crippen LogP contribution in [0, 0.1) is 0 Å². The molecule has 0 bridgehead atoms. The first-order chi connectivity index (χ1) is 8.13. The summed E-state index contributed by atoms with van der Waals surface area (Å²) >= 11 is 0. The van der Waals surface area contributed by atoms with Crippen LogP contribution in [0.5, 0.6) is 0 Å². The van der Waals surface area contributed by atoms with Crippen molar-refractivity contribution < 1.29 is 31.1 Å². The molecule has 0 saturated carbocycles. The predicted molar refractivity (Wildman–Crippen MR) is 52.5 cm³/mol. The van der Waals surface area contributed by atoms with E-state index < -0.39 is 23.7 Å². The van der Waals surface area contributed by atoms with Crippen LogP contribution in [-0.4, -0.2) is 13.3 Å². The largest absolute Gasteiger partial charge is 0.496 e. The highest BCUT2D eigenvalue weighted by Crippen LogP contribution is 2.31. The van der Waals surface area contributed by atoms with E-state index in [1.54, 1.807) is 0 Å². The van der Waals surface area contributed by atoms with E-state index in [-0.39, 0.29) is 11.6 Å². The molecule has 0 atom stereocenters. The summed E-state index contributed by atoms with van der Waals surface area (Å²) in [5, 5.41) is 0. The molecule has 1 nitrogen and oxygen atoms in total. The maximum atomic E-state index is 12.2. The zero-order valence-electron chi connectivity index (χ0n) is 9.06. The zero-order chi connectivity index (χ0) is 14.0. The Balaban J connectivity index is 3.07. The van der Waals surface area contributed by atoms with Crippen LogP contribution in [0.15, 0.2) is 30.3 Å². The lowest BCUT2D eigenvalue weighted by molar-refractivity contribution is -0.137. The lowest BCUT2D eigenvalue weighted by Crippen LogP contribution is -2.06. The summed E-state index contributed by atoms with van der Waals surface area (Å²) in [6.07, 6.45) is -9.25. The van der Waals surface area contributed by atoms with E-state index in [4.69, 9.17) is 0 Å². The minimum absolute atomic E-state index is 0.0807. The topological polar surface area (TPSA) is 9.23 Å². The van der Waals surface area contributed by atoms with Crippen molar-refractivity contribution in [3.05, 3.63) is 41.5 Å². The first-order valence-electron chi connectivity index (χ1n) is 4.64. The van der Waals surface area contributed by atoms with E-state index >= 15 is 0 Å². The van der Waals surface area contributed by atoms with E-state index in [1.165, 1.54) is 0 Å². The minimum Gasteiger partial charge on any atom is -0.496 e. The molecule has 1 rings (SSSR count). The van der Waals surface area contributed by atoms with Crippen molar-refractivity contribution >= 4 is 5.76 Å². The number of ether oxygens (including phenoxy) is 1. The fourth-order valence-electron chi connectivity index (χ4n) is 1.23. The summed E-state index contributed by atoms with van der Waals surface area (Å²) in [5.41, 5.74) is -1.02. The lowest BCUT2D eigenvalue weighted by Gasteiger charge is -2.10. The lowest BCUT2D eigenvalue weighted by atomic mass is 10.1. The average molecular weight is 270 g/mol. The van der Waals surface area contributed by atoms with Gasteiger partial charge in [-0.25, -0.2) is 0 Å². The molecule has 0 N–H and O–H groups in total. The van der Waals surface area contributed by atoms with Gasteiger partial charge in [-0.15, -0.1) is 0 Å². The van der Waals surface area contributed by atoms with Crippen LogP contribution in [0.1, 0.15) is 11.1 Å². The molecular formula is C11H8F6O. The number of alkyl halides is 6. The van der Waals surface area contributed by atoms with Crippen LogP contribution < -0.4 is 0 Å². The second-order valence-corrected chi connectivity index (χ2v) is 3.33. The van der Waals surface area contributed by atoms with Gasteiger partial charge < -0.3 is 4.74 Å². The number of hydrogen-bond donors (Lipinski definition) is 0.